The largest absolute Gasteiger partial charge is 0.480 e. The highest BCUT2D eigenvalue weighted by Crippen LogP contribution is 2.44. The fraction of sp³-hybridized carbons (Fsp3) is 0.562. The van der Waals surface area contributed by atoms with E-state index in [1.54, 1.807) is 71.8 Å². The molecule has 5 atom stereocenters. The normalized spacial score (nSPS) is 19.5. The van der Waals surface area contributed by atoms with Gasteiger partial charge in [-0.2, -0.15) is 0 Å². The average Bonchev–Trinajstić information content (AvgIpc) is 3.88. The lowest BCUT2D eigenvalue weighted by Gasteiger charge is -2.31. The minimum Gasteiger partial charge on any atom is -0.480 e. The second-order valence-corrected chi connectivity index (χ2v) is 20.2. The summed E-state index contributed by atoms with van der Waals surface area (Å²) in [5, 5.41) is 15.4. The summed E-state index contributed by atoms with van der Waals surface area (Å²) in [5.41, 5.74) is -0.881. The molecule has 3 N–H and O–H groups in total. The topological polar surface area (TPSA) is 227 Å². The lowest BCUT2D eigenvalue weighted by Crippen LogP contribution is -2.47. The van der Waals surface area contributed by atoms with Crippen LogP contribution in [0.5, 0.6) is 11.5 Å². The number of carboxylic acids is 1. The zero-order valence-corrected chi connectivity index (χ0v) is 40.8. The van der Waals surface area contributed by atoms with Crippen LogP contribution in [-0.2, 0) is 39.8 Å². The number of ether oxygens (including phenoxy) is 7. The summed E-state index contributed by atoms with van der Waals surface area (Å²) >= 11 is 0. The number of nitrogens with zero attached hydrogens (tertiary/aromatic N) is 6. The molecule has 20 nitrogen and oxygen atoms in total. The van der Waals surface area contributed by atoms with Crippen LogP contribution < -0.4 is 15.4 Å². The first kappa shape index (κ1) is 51.3. The molecular formula is C48H66N8O12. The Morgan fingerprint density at radius 1 is 0.809 bits per heavy atom. The third-order valence-electron chi connectivity index (χ3n) is 10.3. The highest BCUT2D eigenvalue weighted by molar-refractivity contribution is 5.93. The molecule has 4 heterocycles. The van der Waals surface area contributed by atoms with Crippen LogP contribution in [0.25, 0.3) is 11.2 Å². The molecule has 2 aromatic heterocycles. The second kappa shape index (κ2) is 21.1. The van der Waals surface area contributed by atoms with E-state index < -0.39 is 77.4 Å². The van der Waals surface area contributed by atoms with Crippen molar-refractivity contribution < 1.29 is 57.4 Å². The molecule has 2 fully saturated rings. The first-order valence-electron chi connectivity index (χ1n) is 22.7. The molecule has 0 radical (unpaired) electrons. The van der Waals surface area contributed by atoms with Crippen molar-refractivity contribution in [2.45, 2.75) is 149 Å². The molecule has 2 saturated heterocycles. The number of imidazole rings is 1. The van der Waals surface area contributed by atoms with Crippen LogP contribution in [0.4, 0.5) is 20.2 Å². The Balaban J connectivity index is 1.24. The molecule has 0 saturated carbocycles. The van der Waals surface area contributed by atoms with Gasteiger partial charge in [0.1, 0.15) is 59.0 Å². The van der Waals surface area contributed by atoms with Crippen molar-refractivity contribution in [3.8, 4) is 11.5 Å². The molecule has 1 unspecified atom stereocenters. The van der Waals surface area contributed by atoms with E-state index in [9.17, 15) is 24.3 Å². The van der Waals surface area contributed by atoms with E-state index in [-0.39, 0.29) is 38.4 Å². The average molecular weight is 947 g/mol. The fourth-order valence-electron chi connectivity index (χ4n) is 7.73. The van der Waals surface area contributed by atoms with Crippen molar-refractivity contribution in [2.75, 3.05) is 31.5 Å². The number of carbonyl (C=O) groups excluding carboxylic acids is 3. The number of aromatic nitrogens is 4. The first-order valence-corrected chi connectivity index (χ1v) is 22.7. The van der Waals surface area contributed by atoms with Gasteiger partial charge in [0.05, 0.1) is 6.33 Å². The van der Waals surface area contributed by atoms with Gasteiger partial charge in [0.25, 0.3) is 0 Å². The summed E-state index contributed by atoms with van der Waals surface area (Å²) in [7, 11) is 0. The van der Waals surface area contributed by atoms with E-state index in [2.05, 4.69) is 25.6 Å². The lowest BCUT2D eigenvalue weighted by molar-refractivity contribution is -0.198. The highest BCUT2D eigenvalue weighted by Gasteiger charge is 2.56. The maximum atomic E-state index is 13.8. The van der Waals surface area contributed by atoms with Crippen molar-refractivity contribution in [1.82, 2.24) is 34.6 Å². The molecule has 0 aliphatic carbocycles. The molecule has 0 spiro atoms. The number of anilines is 1. The third-order valence-corrected chi connectivity index (χ3v) is 10.3. The Hall–Kier alpha value is -6.09. The quantitative estimate of drug-likeness (QED) is 0.0855. The van der Waals surface area contributed by atoms with Gasteiger partial charge in [0, 0.05) is 26.2 Å². The summed E-state index contributed by atoms with van der Waals surface area (Å²) < 4.78 is 44.2. The molecule has 2 aliphatic rings. The SMILES string of the molecule is CC(C)(C)OC(=O)Nc1ncnc2c1ncn2[C@@H]1O[C@H](CN(CCCN(Cc2cccc(Oc3ccccc3)c2)C(=O)OC(C)(C)C)CCC(NC(=O)OC(C)(C)C)C(=O)O)[C@H]2OC(C)(C)O[C@H]21. The minimum atomic E-state index is -1.29. The maximum absolute atomic E-state index is 13.8. The summed E-state index contributed by atoms with van der Waals surface area (Å²) in [6.07, 6.45) is -1.48. The van der Waals surface area contributed by atoms with Gasteiger partial charge in [-0.3, -0.25) is 9.88 Å². The molecular weight excluding hydrogens is 881 g/mol. The number of carbonyl (C=O) groups is 4. The number of fused-ring (bicyclic) bond motifs is 2. The van der Waals surface area contributed by atoms with Crippen molar-refractivity contribution in [3.63, 3.8) is 0 Å². The Morgan fingerprint density at radius 3 is 2.15 bits per heavy atom. The summed E-state index contributed by atoms with van der Waals surface area (Å²) in [5.74, 6) is -0.799. The van der Waals surface area contributed by atoms with Crippen LogP contribution in [0.2, 0.25) is 0 Å². The summed E-state index contributed by atoms with van der Waals surface area (Å²) in [6, 6.07) is 15.6. The lowest BCUT2D eigenvalue weighted by atomic mass is 10.1. The van der Waals surface area contributed by atoms with Crippen molar-refractivity contribution >= 4 is 41.2 Å². The Kier molecular flexibility index (Phi) is 15.9. The van der Waals surface area contributed by atoms with Crippen molar-refractivity contribution in [1.29, 1.82) is 0 Å². The molecule has 20 heteroatoms. The zero-order chi connectivity index (χ0) is 49.6. The standard InChI is InChI=1S/C48H66N8O12/c1-45(2,3)66-42(59)52-33(41(57)58)21-24-54(22-16-23-55(44(61)68-47(7,8)9)26-30-17-15-20-32(25-30)62-31-18-13-12-14-19-31)27-34-36-37(65-48(10,11)64-36)40(63-34)56-29-51-35-38(49-28-50-39(35)56)53-43(60)67-46(4,5)6/h12-15,17-20,25,28-29,33-34,36-37,40H,16,21-24,26-27H2,1-11H3,(H,52,59)(H,57,58)(H,49,50,53,60)/t33?,34-,36-,37-,40-/m1/s1. The van der Waals surface area contributed by atoms with E-state index in [0.717, 1.165) is 5.56 Å². The summed E-state index contributed by atoms with van der Waals surface area (Å²) in [6.45, 7) is 20.6. The molecule has 2 aliphatic heterocycles. The minimum absolute atomic E-state index is 0.00214. The second-order valence-electron chi connectivity index (χ2n) is 20.2. The number of benzene rings is 2. The van der Waals surface area contributed by atoms with E-state index in [0.29, 0.717) is 35.6 Å². The monoisotopic (exact) mass is 946 g/mol. The van der Waals surface area contributed by atoms with E-state index in [1.807, 2.05) is 73.3 Å². The van der Waals surface area contributed by atoms with E-state index in [4.69, 9.17) is 33.2 Å². The van der Waals surface area contributed by atoms with E-state index >= 15 is 0 Å². The van der Waals surface area contributed by atoms with E-state index in [1.165, 1.54) is 12.7 Å². The molecule has 3 amide bonds. The van der Waals surface area contributed by atoms with Crippen LogP contribution in [0.3, 0.4) is 0 Å². The van der Waals surface area contributed by atoms with Gasteiger partial charge in [0.15, 0.2) is 29.0 Å². The highest BCUT2D eigenvalue weighted by atomic mass is 16.8. The number of carboxylic acid groups (broad SMARTS) is 1. The van der Waals surface area contributed by atoms with Crippen LogP contribution in [0.1, 0.15) is 101 Å². The van der Waals surface area contributed by atoms with Crippen LogP contribution >= 0.6 is 0 Å². The molecule has 2 aromatic carbocycles. The zero-order valence-electron chi connectivity index (χ0n) is 40.8. The Bertz CT molecular complexity index is 2380. The molecule has 0 bridgehead atoms. The Morgan fingerprint density at radius 2 is 1.47 bits per heavy atom. The number of aliphatic carboxylic acids is 1. The fourth-order valence-corrected chi connectivity index (χ4v) is 7.73. The van der Waals surface area contributed by atoms with Crippen LogP contribution in [-0.4, -0.2) is 132 Å². The van der Waals surface area contributed by atoms with Crippen molar-refractivity contribution in [2.24, 2.45) is 0 Å². The van der Waals surface area contributed by atoms with Gasteiger partial charge in [-0.15, -0.1) is 0 Å². The predicted molar refractivity (Wildman–Crippen MR) is 249 cm³/mol. The van der Waals surface area contributed by atoms with Gasteiger partial charge in [0.2, 0.25) is 0 Å². The number of hydrogen-bond donors (Lipinski definition) is 3. The third kappa shape index (κ3) is 14.7. The first-order chi connectivity index (χ1) is 31.8. The molecule has 370 valence electrons. The maximum Gasteiger partial charge on any atom is 0.413 e. The van der Waals surface area contributed by atoms with Gasteiger partial charge >= 0.3 is 24.2 Å². The van der Waals surface area contributed by atoms with Gasteiger partial charge < -0.3 is 53.4 Å². The van der Waals surface area contributed by atoms with Gasteiger partial charge in [-0.05, 0) is 125 Å². The number of alkyl carbamates (subject to hydrolysis) is 1. The molecule has 4 aromatic rings. The number of amides is 3. The van der Waals surface area contributed by atoms with Crippen LogP contribution in [0.15, 0.2) is 67.3 Å². The van der Waals surface area contributed by atoms with Gasteiger partial charge in [-0.25, -0.2) is 34.1 Å². The van der Waals surface area contributed by atoms with Crippen LogP contribution in [0, 0.1) is 0 Å². The number of rotatable bonds is 17. The summed E-state index contributed by atoms with van der Waals surface area (Å²) in [4.78, 5) is 68.7. The van der Waals surface area contributed by atoms with Gasteiger partial charge in [-0.1, -0.05) is 30.3 Å². The number of hydrogen-bond acceptors (Lipinski definition) is 15. The number of nitrogens with one attached hydrogen (secondary N) is 2. The van der Waals surface area contributed by atoms with Crippen molar-refractivity contribution in [3.05, 3.63) is 72.8 Å². The predicted octanol–water partition coefficient (Wildman–Crippen LogP) is 7.88. The smallest absolute Gasteiger partial charge is 0.413 e. The molecule has 6 rings (SSSR count). The number of para-hydroxylation sites is 1. The molecule has 68 heavy (non-hydrogen) atoms. The Labute approximate surface area is 396 Å².